The zero-order valence-corrected chi connectivity index (χ0v) is 16.2. The molecule has 4 rings (SSSR count). The van der Waals surface area contributed by atoms with E-state index in [1.165, 1.54) is 6.07 Å². The molecule has 140 valence electrons. The molecule has 0 saturated heterocycles. The third-order valence-electron chi connectivity index (χ3n) is 5.53. The van der Waals surface area contributed by atoms with Gasteiger partial charge in [-0.2, -0.15) is 0 Å². The normalized spacial score (nSPS) is 16.8. The first-order chi connectivity index (χ1) is 12.9. The van der Waals surface area contributed by atoms with Crippen LogP contribution >= 0.6 is 0 Å². The molecule has 1 atom stereocenters. The summed E-state index contributed by atoms with van der Waals surface area (Å²) in [5.74, 6) is 0.139. The summed E-state index contributed by atoms with van der Waals surface area (Å²) in [5, 5.41) is 0.516. The fourth-order valence-corrected chi connectivity index (χ4v) is 4.00. The average molecular weight is 364 g/mol. The van der Waals surface area contributed by atoms with Crippen molar-refractivity contribution in [2.24, 2.45) is 5.92 Å². The lowest BCUT2D eigenvalue weighted by molar-refractivity contribution is 0.0525. The summed E-state index contributed by atoms with van der Waals surface area (Å²) in [7, 11) is 0. The van der Waals surface area contributed by atoms with Crippen molar-refractivity contribution in [2.75, 3.05) is 6.54 Å². The van der Waals surface area contributed by atoms with Crippen molar-refractivity contribution >= 4 is 16.9 Å². The molecule has 0 radical (unpaired) electrons. The maximum absolute atomic E-state index is 13.3. The highest BCUT2D eigenvalue weighted by atomic mass is 16.3. The summed E-state index contributed by atoms with van der Waals surface area (Å²) >= 11 is 0. The zero-order chi connectivity index (χ0) is 19.3. The van der Waals surface area contributed by atoms with Gasteiger partial charge in [0, 0.05) is 31.0 Å². The number of carbonyl (C=O) groups is 1. The van der Waals surface area contributed by atoms with Gasteiger partial charge in [0.2, 0.25) is 0 Å². The summed E-state index contributed by atoms with van der Waals surface area (Å²) in [6.07, 6.45) is 2.05. The second-order valence-electron chi connectivity index (χ2n) is 7.72. The topological polar surface area (TPSA) is 55.5 Å². The highest BCUT2D eigenvalue weighted by Gasteiger charge is 2.34. The van der Waals surface area contributed by atoms with E-state index in [0.29, 0.717) is 17.5 Å². The molecular formula is C22H24N2O3. The minimum atomic E-state index is -0.224. The molecule has 1 aromatic carbocycles. The molecule has 5 nitrogen and oxygen atoms in total. The first-order valence-corrected chi connectivity index (χ1v) is 9.38. The lowest BCUT2D eigenvalue weighted by atomic mass is 9.96. The van der Waals surface area contributed by atoms with Crippen molar-refractivity contribution < 1.29 is 9.21 Å². The average Bonchev–Trinajstić information content (AvgIpc) is 3.10. The van der Waals surface area contributed by atoms with E-state index in [1.807, 2.05) is 43.1 Å². The van der Waals surface area contributed by atoms with E-state index in [0.717, 1.165) is 23.4 Å². The molecule has 1 aliphatic rings. The van der Waals surface area contributed by atoms with E-state index in [1.54, 1.807) is 0 Å². The highest BCUT2D eigenvalue weighted by Crippen LogP contribution is 2.33. The van der Waals surface area contributed by atoms with Gasteiger partial charge in [-0.3, -0.25) is 9.59 Å². The molecule has 5 heteroatoms. The summed E-state index contributed by atoms with van der Waals surface area (Å²) in [5.41, 5.74) is 3.48. The van der Waals surface area contributed by atoms with Gasteiger partial charge in [0.1, 0.15) is 5.58 Å². The number of fused-ring (bicyclic) bond motifs is 2. The Morgan fingerprint density at radius 1 is 1.15 bits per heavy atom. The number of hydrogen-bond donors (Lipinski definition) is 0. The van der Waals surface area contributed by atoms with Crippen molar-refractivity contribution in [1.82, 2.24) is 9.47 Å². The maximum Gasteiger partial charge on any atom is 0.290 e. The zero-order valence-electron chi connectivity index (χ0n) is 16.2. The van der Waals surface area contributed by atoms with E-state index in [9.17, 15) is 9.59 Å². The Morgan fingerprint density at radius 2 is 1.89 bits per heavy atom. The van der Waals surface area contributed by atoms with E-state index in [-0.39, 0.29) is 29.1 Å². The lowest BCUT2D eigenvalue weighted by Gasteiger charge is -2.39. The summed E-state index contributed by atoms with van der Waals surface area (Å²) in [6, 6.07) is 9.04. The third-order valence-corrected chi connectivity index (χ3v) is 5.53. The molecule has 27 heavy (non-hydrogen) atoms. The van der Waals surface area contributed by atoms with Crippen molar-refractivity contribution in [2.45, 2.75) is 40.3 Å². The van der Waals surface area contributed by atoms with Gasteiger partial charge in [-0.25, -0.2) is 0 Å². The van der Waals surface area contributed by atoms with Gasteiger partial charge in [-0.15, -0.1) is 0 Å². The van der Waals surface area contributed by atoms with Crippen LogP contribution in [0.15, 0.2) is 45.7 Å². The Bertz CT molecular complexity index is 1090. The number of carbonyl (C=O) groups excluding carboxylic acids is 1. The molecule has 0 bridgehead atoms. The Hall–Kier alpha value is -2.82. The van der Waals surface area contributed by atoms with Gasteiger partial charge in [0.25, 0.3) is 5.91 Å². The molecule has 2 aromatic heterocycles. The number of aromatic nitrogens is 1. The first-order valence-electron chi connectivity index (χ1n) is 9.38. The number of benzene rings is 1. The molecule has 0 spiro atoms. The molecule has 0 unspecified atom stereocenters. The van der Waals surface area contributed by atoms with Crippen LogP contribution in [0.2, 0.25) is 0 Å². The van der Waals surface area contributed by atoms with Crippen LogP contribution in [-0.4, -0.2) is 21.9 Å². The van der Waals surface area contributed by atoms with Crippen LogP contribution in [-0.2, 0) is 6.54 Å². The van der Waals surface area contributed by atoms with Crippen LogP contribution in [0.3, 0.4) is 0 Å². The lowest BCUT2D eigenvalue weighted by Crippen LogP contribution is -2.44. The number of rotatable bonds is 2. The Balaban J connectivity index is 1.78. The van der Waals surface area contributed by atoms with Gasteiger partial charge >= 0.3 is 0 Å². The van der Waals surface area contributed by atoms with Crippen LogP contribution in [0.25, 0.3) is 11.0 Å². The minimum Gasteiger partial charge on any atom is -0.451 e. The van der Waals surface area contributed by atoms with Crippen molar-refractivity contribution in [1.29, 1.82) is 0 Å². The molecular weight excluding hydrogens is 340 g/mol. The van der Waals surface area contributed by atoms with Gasteiger partial charge in [-0.1, -0.05) is 13.8 Å². The van der Waals surface area contributed by atoms with Crippen molar-refractivity contribution in [3.8, 4) is 0 Å². The highest BCUT2D eigenvalue weighted by molar-refractivity contribution is 5.93. The molecule has 0 saturated carbocycles. The van der Waals surface area contributed by atoms with Gasteiger partial charge < -0.3 is 13.9 Å². The Kier molecular flexibility index (Phi) is 4.17. The molecule has 3 aromatic rings. The summed E-state index contributed by atoms with van der Waals surface area (Å²) in [4.78, 5) is 27.7. The predicted molar refractivity (Wildman–Crippen MR) is 105 cm³/mol. The van der Waals surface area contributed by atoms with Crippen molar-refractivity contribution in [3.05, 3.63) is 69.3 Å². The quantitative estimate of drug-likeness (QED) is 0.689. The predicted octanol–water partition coefficient (Wildman–Crippen LogP) is 4.06. The van der Waals surface area contributed by atoms with Crippen LogP contribution in [0, 0.1) is 19.8 Å². The molecule has 0 N–H and O–H groups in total. The Labute approximate surface area is 158 Å². The molecule has 3 heterocycles. The molecule has 0 aliphatic carbocycles. The maximum atomic E-state index is 13.3. The third kappa shape index (κ3) is 2.87. The van der Waals surface area contributed by atoms with Gasteiger partial charge in [-0.05, 0) is 55.2 Å². The number of hydrogen-bond acceptors (Lipinski definition) is 3. The number of nitrogens with zero attached hydrogens (tertiary/aromatic N) is 2. The van der Waals surface area contributed by atoms with E-state index in [2.05, 4.69) is 24.5 Å². The van der Waals surface area contributed by atoms with Crippen LogP contribution in [0.1, 0.15) is 47.3 Å². The standard InChI is InChI=1S/C22H24N2O3/c1-13(2)21-17-6-5-7-23(17)8-9-24(21)22(26)20-12-18(25)16-10-14(3)15(4)11-19(16)27-20/h5-7,10-13,21H,8-9H2,1-4H3/t21-/m1/s1. The van der Waals surface area contributed by atoms with E-state index in [4.69, 9.17) is 4.42 Å². The second kappa shape index (κ2) is 6.41. The number of aryl methyl sites for hydroxylation is 2. The SMILES string of the molecule is Cc1cc2oc(C(=O)N3CCn4cccc4[C@H]3C(C)C)cc(=O)c2cc1C. The summed E-state index contributed by atoms with van der Waals surface area (Å²) in [6.45, 7) is 9.48. The number of amides is 1. The van der Waals surface area contributed by atoms with Crippen LogP contribution in [0.5, 0.6) is 0 Å². The summed E-state index contributed by atoms with van der Waals surface area (Å²) < 4.78 is 8.08. The fourth-order valence-electron chi connectivity index (χ4n) is 4.00. The molecule has 0 fully saturated rings. The van der Waals surface area contributed by atoms with Crippen molar-refractivity contribution in [3.63, 3.8) is 0 Å². The fraction of sp³-hybridized carbons (Fsp3) is 0.364. The monoisotopic (exact) mass is 364 g/mol. The van der Waals surface area contributed by atoms with E-state index >= 15 is 0 Å². The van der Waals surface area contributed by atoms with Crippen LogP contribution < -0.4 is 5.43 Å². The Morgan fingerprint density at radius 3 is 2.63 bits per heavy atom. The first kappa shape index (κ1) is 17.6. The molecule has 1 amide bonds. The molecule has 1 aliphatic heterocycles. The van der Waals surface area contributed by atoms with Gasteiger partial charge in [0.05, 0.1) is 11.4 Å². The smallest absolute Gasteiger partial charge is 0.290 e. The van der Waals surface area contributed by atoms with Gasteiger partial charge in [0.15, 0.2) is 11.2 Å². The van der Waals surface area contributed by atoms with Crippen LogP contribution in [0.4, 0.5) is 0 Å². The minimum absolute atomic E-state index is 0.0398. The second-order valence-corrected chi connectivity index (χ2v) is 7.72. The largest absolute Gasteiger partial charge is 0.451 e. The van der Waals surface area contributed by atoms with E-state index < -0.39 is 0 Å².